The van der Waals surface area contributed by atoms with Crippen LogP contribution in [0.5, 0.6) is 0 Å². The number of carbonyl (C=O) groups excluding carboxylic acids is 2. The molecular weight excluding hydrogens is 376 g/mol. The van der Waals surface area contributed by atoms with E-state index in [1.165, 1.54) is 0 Å². The second kappa shape index (κ2) is 10.8. The highest BCUT2D eigenvalue weighted by atomic mass is 16.2. The molecule has 2 aromatic carbocycles. The first-order valence-electron chi connectivity index (χ1n) is 10.8. The minimum Gasteiger partial charge on any atom is -0.352 e. The Morgan fingerprint density at radius 2 is 1.53 bits per heavy atom. The van der Waals surface area contributed by atoms with Crippen molar-refractivity contribution in [2.75, 3.05) is 31.5 Å². The molecule has 1 saturated heterocycles. The van der Waals surface area contributed by atoms with Crippen molar-refractivity contribution < 1.29 is 9.59 Å². The molecule has 0 spiro atoms. The van der Waals surface area contributed by atoms with Gasteiger partial charge in [-0.05, 0) is 43.6 Å². The maximum absolute atomic E-state index is 13.2. The first-order chi connectivity index (χ1) is 14.6. The summed E-state index contributed by atoms with van der Waals surface area (Å²) in [6, 6.07) is 19.1. The Kier molecular flexibility index (Phi) is 7.85. The standard InChI is InChI=1S/C24H32N4O2/c1-3-27(4-2)22(19-11-7-5-8-12-19)23(29)25-21-15-17-28(18-16-21)24(30)26-20-13-9-6-10-14-20/h5-14,21-22H,3-4,15-18H2,1-2H3,(H,25,29)(H,26,30). The SMILES string of the molecule is CCN(CC)C(C(=O)NC1CCN(C(=O)Nc2ccccc2)CC1)c1ccccc1. The molecule has 6 heteroatoms. The van der Waals surface area contributed by atoms with E-state index >= 15 is 0 Å². The fourth-order valence-electron chi connectivity index (χ4n) is 3.98. The van der Waals surface area contributed by atoms with E-state index in [9.17, 15) is 9.59 Å². The number of para-hydroxylation sites is 1. The van der Waals surface area contributed by atoms with Crippen molar-refractivity contribution in [3.05, 3.63) is 66.2 Å². The van der Waals surface area contributed by atoms with Crippen molar-refractivity contribution in [3.63, 3.8) is 0 Å². The number of piperidine rings is 1. The van der Waals surface area contributed by atoms with Crippen molar-refractivity contribution in [2.24, 2.45) is 0 Å². The number of rotatable bonds is 7. The molecule has 0 bridgehead atoms. The molecule has 0 radical (unpaired) electrons. The number of benzene rings is 2. The second-order valence-corrected chi connectivity index (χ2v) is 7.60. The van der Waals surface area contributed by atoms with Crippen LogP contribution in [0.15, 0.2) is 60.7 Å². The fraction of sp³-hybridized carbons (Fsp3) is 0.417. The maximum atomic E-state index is 13.2. The summed E-state index contributed by atoms with van der Waals surface area (Å²) in [5, 5.41) is 6.17. The van der Waals surface area contributed by atoms with Gasteiger partial charge >= 0.3 is 6.03 Å². The maximum Gasteiger partial charge on any atom is 0.321 e. The van der Waals surface area contributed by atoms with Crippen LogP contribution in [0.1, 0.15) is 38.3 Å². The average molecular weight is 409 g/mol. The van der Waals surface area contributed by atoms with Crippen LogP contribution in [0.25, 0.3) is 0 Å². The minimum absolute atomic E-state index is 0.0390. The van der Waals surface area contributed by atoms with Gasteiger partial charge in [0.05, 0.1) is 0 Å². The molecular formula is C24H32N4O2. The zero-order valence-electron chi connectivity index (χ0n) is 17.9. The normalized spacial score (nSPS) is 15.6. The Bertz CT molecular complexity index is 800. The predicted octanol–water partition coefficient (Wildman–Crippen LogP) is 3.88. The summed E-state index contributed by atoms with van der Waals surface area (Å²) in [4.78, 5) is 29.6. The monoisotopic (exact) mass is 408 g/mol. The van der Waals surface area contributed by atoms with Crippen LogP contribution in [0.4, 0.5) is 10.5 Å². The first-order valence-corrected chi connectivity index (χ1v) is 10.8. The molecule has 160 valence electrons. The van der Waals surface area contributed by atoms with Crippen molar-refractivity contribution in [1.82, 2.24) is 15.1 Å². The van der Waals surface area contributed by atoms with E-state index in [4.69, 9.17) is 0 Å². The third-order valence-electron chi connectivity index (χ3n) is 5.69. The highest BCUT2D eigenvalue weighted by Gasteiger charge is 2.29. The lowest BCUT2D eigenvalue weighted by Gasteiger charge is -2.35. The number of hydrogen-bond acceptors (Lipinski definition) is 3. The molecule has 1 heterocycles. The van der Waals surface area contributed by atoms with Gasteiger partial charge in [-0.3, -0.25) is 9.69 Å². The van der Waals surface area contributed by atoms with Crippen LogP contribution in [0.2, 0.25) is 0 Å². The Labute approximate surface area is 179 Å². The molecule has 3 rings (SSSR count). The smallest absolute Gasteiger partial charge is 0.321 e. The van der Waals surface area contributed by atoms with Crippen LogP contribution < -0.4 is 10.6 Å². The zero-order valence-corrected chi connectivity index (χ0v) is 17.9. The van der Waals surface area contributed by atoms with Gasteiger partial charge in [-0.1, -0.05) is 62.4 Å². The number of nitrogens with zero attached hydrogens (tertiary/aromatic N) is 2. The highest BCUT2D eigenvalue weighted by molar-refractivity contribution is 5.89. The largest absolute Gasteiger partial charge is 0.352 e. The molecule has 2 N–H and O–H groups in total. The average Bonchev–Trinajstić information content (AvgIpc) is 2.79. The van der Waals surface area contributed by atoms with Crippen LogP contribution >= 0.6 is 0 Å². The summed E-state index contributed by atoms with van der Waals surface area (Å²) in [5.74, 6) is 0.0390. The van der Waals surface area contributed by atoms with Gasteiger partial charge in [-0.2, -0.15) is 0 Å². The Morgan fingerprint density at radius 3 is 2.10 bits per heavy atom. The van der Waals surface area contributed by atoms with Gasteiger partial charge in [0.25, 0.3) is 0 Å². The molecule has 2 aromatic rings. The predicted molar refractivity (Wildman–Crippen MR) is 120 cm³/mol. The number of amides is 3. The van der Waals surface area contributed by atoms with E-state index in [1.807, 2.05) is 65.6 Å². The van der Waals surface area contributed by atoms with Gasteiger partial charge in [0.2, 0.25) is 5.91 Å². The first kappa shape index (κ1) is 21.8. The molecule has 1 aliphatic rings. The van der Waals surface area contributed by atoms with Crippen molar-refractivity contribution in [3.8, 4) is 0 Å². The summed E-state index contributed by atoms with van der Waals surface area (Å²) in [6.45, 7) is 7.03. The van der Waals surface area contributed by atoms with Gasteiger partial charge in [-0.15, -0.1) is 0 Å². The van der Waals surface area contributed by atoms with E-state index in [0.29, 0.717) is 13.1 Å². The molecule has 0 aromatic heterocycles. The number of nitrogens with one attached hydrogen (secondary N) is 2. The van der Waals surface area contributed by atoms with E-state index in [1.54, 1.807) is 0 Å². The summed E-state index contributed by atoms with van der Waals surface area (Å²) in [6.07, 6.45) is 1.52. The van der Waals surface area contributed by atoms with E-state index in [2.05, 4.69) is 29.4 Å². The molecule has 1 atom stereocenters. The Morgan fingerprint density at radius 1 is 0.967 bits per heavy atom. The van der Waals surface area contributed by atoms with Crippen molar-refractivity contribution >= 4 is 17.6 Å². The lowest BCUT2D eigenvalue weighted by Crippen LogP contribution is -2.50. The molecule has 1 aliphatic heterocycles. The number of carbonyl (C=O) groups is 2. The lowest BCUT2D eigenvalue weighted by molar-refractivity contribution is -0.127. The van der Waals surface area contributed by atoms with Crippen LogP contribution in [-0.4, -0.2) is 54.0 Å². The van der Waals surface area contributed by atoms with Crippen molar-refractivity contribution in [2.45, 2.75) is 38.8 Å². The quantitative estimate of drug-likeness (QED) is 0.731. The highest BCUT2D eigenvalue weighted by Crippen LogP contribution is 2.22. The number of likely N-dealkylation sites (tertiary alicyclic amines) is 1. The second-order valence-electron chi connectivity index (χ2n) is 7.60. The summed E-state index contributed by atoms with van der Waals surface area (Å²) < 4.78 is 0. The lowest BCUT2D eigenvalue weighted by atomic mass is 10.0. The van der Waals surface area contributed by atoms with Crippen molar-refractivity contribution in [1.29, 1.82) is 0 Å². The van der Waals surface area contributed by atoms with Gasteiger partial charge in [0.1, 0.15) is 6.04 Å². The van der Waals surface area contributed by atoms with Crippen LogP contribution in [0, 0.1) is 0 Å². The Balaban J connectivity index is 1.56. The molecule has 1 unspecified atom stereocenters. The van der Waals surface area contributed by atoms with E-state index < -0.39 is 0 Å². The molecule has 30 heavy (non-hydrogen) atoms. The van der Waals surface area contributed by atoms with Gasteiger partial charge in [0.15, 0.2) is 0 Å². The number of likely N-dealkylation sites (N-methyl/N-ethyl adjacent to an activating group) is 1. The third-order valence-corrected chi connectivity index (χ3v) is 5.69. The minimum atomic E-state index is -0.291. The van der Waals surface area contributed by atoms with E-state index in [-0.39, 0.29) is 24.0 Å². The molecule has 0 aliphatic carbocycles. The van der Waals surface area contributed by atoms with E-state index in [0.717, 1.165) is 37.2 Å². The Hall–Kier alpha value is -2.86. The summed E-state index contributed by atoms with van der Waals surface area (Å²) >= 11 is 0. The molecule has 3 amide bonds. The fourth-order valence-corrected chi connectivity index (χ4v) is 3.98. The summed E-state index contributed by atoms with van der Waals surface area (Å²) in [7, 11) is 0. The molecule has 6 nitrogen and oxygen atoms in total. The number of urea groups is 1. The molecule has 1 fully saturated rings. The number of hydrogen-bond donors (Lipinski definition) is 2. The third kappa shape index (κ3) is 5.60. The summed E-state index contributed by atoms with van der Waals surface area (Å²) in [5.41, 5.74) is 1.81. The van der Waals surface area contributed by atoms with Gasteiger partial charge in [0, 0.05) is 24.8 Å². The van der Waals surface area contributed by atoms with Gasteiger partial charge in [-0.25, -0.2) is 4.79 Å². The topological polar surface area (TPSA) is 64.7 Å². The van der Waals surface area contributed by atoms with Crippen LogP contribution in [-0.2, 0) is 4.79 Å². The van der Waals surface area contributed by atoms with Gasteiger partial charge < -0.3 is 15.5 Å². The zero-order chi connectivity index (χ0) is 21.3. The van der Waals surface area contributed by atoms with Crippen LogP contribution in [0.3, 0.4) is 0 Å². The molecule has 0 saturated carbocycles. The number of anilines is 1.